The zero-order chi connectivity index (χ0) is 13.0. The number of pyridine rings is 1. The summed E-state index contributed by atoms with van der Waals surface area (Å²) >= 11 is 0. The van der Waals surface area contributed by atoms with Gasteiger partial charge in [-0.3, -0.25) is 9.59 Å². The second-order valence-corrected chi connectivity index (χ2v) is 4.73. The van der Waals surface area contributed by atoms with Gasteiger partial charge < -0.3 is 15.2 Å². The summed E-state index contributed by atoms with van der Waals surface area (Å²) in [5.41, 5.74) is 0.665. The van der Waals surface area contributed by atoms with Gasteiger partial charge in [0, 0.05) is 25.2 Å². The van der Waals surface area contributed by atoms with Crippen LogP contribution in [0.25, 0.3) is 0 Å². The normalized spacial score (nSPS) is 15.2. The standard InChI is InChI=1S/C13H19N3O2/c1-2-5-16-9-11(3-4-13(16)18)15-12(17)6-10-7-14-8-10/h3-4,9-10,14H,2,5-8H2,1H3,(H,15,17). The monoisotopic (exact) mass is 249 g/mol. The molecule has 18 heavy (non-hydrogen) atoms. The fourth-order valence-corrected chi connectivity index (χ4v) is 1.99. The third kappa shape index (κ3) is 3.20. The third-order valence-electron chi connectivity index (χ3n) is 3.07. The van der Waals surface area contributed by atoms with Gasteiger partial charge in [-0.1, -0.05) is 6.92 Å². The Morgan fingerprint density at radius 3 is 2.89 bits per heavy atom. The molecule has 1 fully saturated rings. The molecule has 98 valence electrons. The Morgan fingerprint density at radius 2 is 2.28 bits per heavy atom. The molecule has 1 aromatic rings. The number of aromatic nitrogens is 1. The van der Waals surface area contributed by atoms with Crippen molar-refractivity contribution in [1.82, 2.24) is 9.88 Å². The van der Waals surface area contributed by atoms with E-state index in [1.165, 1.54) is 6.07 Å². The first-order valence-electron chi connectivity index (χ1n) is 6.40. The zero-order valence-electron chi connectivity index (χ0n) is 10.6. The number of amides is 1. The van der Waals surface area contributed by atoms with Crippen LogP contribution < -0.4 is 16.2 Å². The Bertz CT molecular complexity index is 477. The van der Waals surface area contributed by atoms with Crippen molar-refractivity contribution in [1.29, 1.82) is 0 Å². The van der Waals surface area contributed by atoms with E-state index in [-0.39, 0.29) is 11.5 Å². The third-order valence-corrected chi connectivity index (χ3v) is 3.07. The number of rotatable bonds is 5. The van der Waals surface area contributed by atoms with Crippen LogP contribution in [0, 0.1) is 5.92 Å². The topological polar surface area (TPSA) is 63.1 Å². The van der Waals surface area contributed by atoms with Gasteiger partial charge in [0.25, 0.3) is 5.56 Å². The molecule has 0 unspecified atom stereocenters. The number of hydrogen-bond donors (Lipinski definition) is 2. The van der Waals surface area contributed by atoms with E-state index in [1.54, 1.807) is 16.8 Å². The Hall–Kier alpha value is -1.62. The molecule has 0 aliphatic carbocycles. The molecule has 1 aliphatic rings. The van der Waals surface area contributed by atoms with E-state index in [4.69, 9.17) is 0 Å². The van der Waals surface area contributed by atoms with E-state index in [2.05, 4.69) is 10.6 Å². The fourth-order valence-electron chi connectivity index (χ4n) is 1.99. The van der Waals surface area contributed by atoms with Gasteiger partial charge >= 0.3 is 0 Å². The van der Waals surface area contributed by atoms with Gasteiger partial charge in [-0.25, -0.2) is 0 Å². The van der Waals surface area contributed by atoms with Crippen LogP contribution in [0.1, 0.15) is 19.8 Å². The van der Waals surface area contributed by atoms with Crippen molar-refractivity contribution in [2.45, 2.75) is 26.3 Å². The van der Waals surface area contributed by atoms with Crippen LogP contribution in [0.15, 0.2) is 23.1 Å². The van der Waals surface area contributed by atoms with Crippen molar-refractivity contribution in [3.63, 3.8) is 0 Å². The predicted molar refractivity (Wildman–Crippen MR) is 70.6 cm³/mol. The predicted octanol–water partition coefficient (Wildman–Crippen LogP) is 0.806. The molecule has 0 saturated carbocycles. The molecule has 2 heterocycles. The lowest BCUT2D eigenvalue weighted by molar-refractivity contribution is -0.117. The number of aryl methyl sites for hydroxylation is 1. The number of carbonyl (C=O) groups is 1. The molecule has 2 rings (SSSR count). The van der Waals surface area contributed by atoms with Gasteiger partial charge in [0.2, 0.25) is 5.91 Å². The molecule has 0 spiro atoms. The first-order chi connectivity index (χ1) is 8.69. The van der Waals surface area contributed by atoms with Crippen LogP contribution in [-0.4, -0.2) is 23.6 Å². The summed E-state index contributed by atoms with van der Waals surface area (Å²) in [6.07, 6.45) is 3.15. The van der Waals surface area contributed by atoms with E-state index in [0.29, 0.717) is 24.6 Å². The van der Waals surface area contributed by atoms with Gasteiger partial charge in [-0.15, -0.1) is 0 Å². The highest BCUT2D eigenvalue weighted by atomic mass is 16.1. The number of nitrogens with zero attached hydrogens (tertiary/aromatic N) is 1. The number of hydrogen-bond acceptors (Lipinski definition) is 3. The maximum Gasteiger partial charge on any atom is 0.250 e. The number of anilines is 1. The van der Waals surface area contributed by atoms with Crippen LogP contribution in [-0.2, 0) is 11.3 Å². The van der Waals surface area contributed by atoms with Crippen LogP contribution in [0.5, 0.6) is 0 Å². The summed E-state index contributed by atoms with van der Waals surface area (Å²) in [6.45, 7) is 4.53. The lowest BCUT2D eigenvalue weighted by Gasteiger charge is -2.26. The lowest BCUT2D eigenvalue weighted by atomic mass is 9.99. The highest BCUT2D eigenvalue weighted by Gasteiger charge is 2.20. The highest BCUT2D eigenvalue weighted by Crippen LogP contribution is 2.11. The molecular weight excluding hydrogens is 230 g/mol. The second kappa shape index (κ2) is 5.82. The van der Waals surface area contributed by atoms with Gasteiger partial charge in [0.05, 0.1) is 5.69 Å². The summed E-state index contributed by atoms with van der Waals surface area (Å²) in [4.78, 5) is 23.3. The fraction of sp³-hybridized carbons (Fsp3) is 0.538. The van der Waals surface area contributed by atoms with E-state index in [0.717, 1.165) is 19.5 Å². The van der Waals surface area contributed by atoms with Gasteiger partial charge in [0.1, 0.15) is 0 Å². The van der Waals surface area contributed by atoms with Crippen molar-refractivity contribution in [3.8, 4) is 0 Å². The zero-order valence-corrected chi connectivity index (χ0v) is 10.6. The minimum Gasteiger partial charge on any atom is -0.325 e. The average Bonchev–Trinajstić information content (AvgIpc) is 2.29. The molecule has 1 amide bonds. The van der Waals surface area contributed by atoms with Crippen LogP contribution >= 0.6 is 0 Å². The summed E-state index contributed by atoms with van der Waals surface area (Å²) in [6, 6.07) is 3.15. The highest BCUT2D eigenvalue weighted by molar-refractivity contribution is 5.90. The summed E-state index contributed by atoms with van der Waals surface area (Å²) in [5.74, 6) is 0.467. The Kier molecular flexibility index (Phi) is 4.15. The molecule has 1 aliphatic heterocycles. The van der Waals surface area contributed by atoms with Crippen molar-refractivity contribution < 1.29 is 4.79 Å². The van der Waals surface area contributed by atoms with E-state index in [9.17, 15) is 9.59 Å². The molecule has 0 aromatic carbocycles. The lowest BCUT2D eigenvalue weighted by Crippen LogP contribution is -2.43. The van der Waals surface area contributed by atoms with Crippen molar-refractivity contribution >= 4 is 11.6 Å². The van der Waals surface area contributed by atoms with E-state index >= 15 is 0 Å². The van der Waals surface area contributed by atoms with Gasteiger partial charge in [-0.2, -0.15) is 0 Å². The molecule has 5 nitrogen and oxygen atoms in total. The Labute approximate surface area is 106 Å². The summed E-state index contributed by atoms with van der Waals surface area (Å²) < 4.78 is 1.63. The molecule has 2 N–H and O–H groups in total. The molecular formula is C13H19N3O2. The molecule has 0 atom stereocenters. The minimum absolute atomic E-state index is 0.0168. The quantitative estimate of drug-likeness (QED) is 0.811. The Morgan fingerprint density at radius 1 is 1.50 bits per heavy atom. The van der Waals surface area contributed by atoms with Crippen molar-refractivity contribution in [2.75, 3.05) is 18.4 Å². The van der Waals surface area contributed by atoms with Crippen molar-refractivity contribution in [3.05, 3.63) is 28.7 Å². The van der Waals surface area contributed by atoms with Crippen LogP contribution in [0.4, 0.5) is 5.69 Å². The Balaban J connectivity index is 1.97. The maximum absolute atomic E-state index is 11.7. The SMILES string of the molecule is CCCn1cc(NC(=O)CC2CNC2)ccc1=O. The largest absolute Gasteiger partial charge is 0.325 e. The first-order valence-corrected chi connectivity index (χ1v) is 6.40. The summed E-state index contributed by atoms with van der Waals surface area (Å²) in [5, 5.41) is 5.98. The minimum atomic E-state index is -0.0296. The molecule has 0 bridgehead atoms. The molecule has 1 aromatic heterocycles. The van der Waals surface area contributed by atoms with Gasteiger partial charge in [-0.05, 0) is 31.5 Å². The maximum atomic E-state index is 11.7. The second-order valence-electron chi connectivity index (χ2n) is 4.73. The average molecular weight is 249 g/mol. The summed E-state index contributed by atoms with van der Waals surface area (Å²) in [7, 11) is 0. The molecule has 1 saturated heterocycles. The van der Waals surface area contributed by atoms with E-state index in [1.807, 2.05) is 6.92 Å². The first kappa shape index (κ1) is 12.8. The number of nitrogens with one attached hydrogen (secondary N) is 2. The van der Waals surface area contributed by atoms with E-state index < -0.39 is 0 Å². The van der Waals surface area contributed by atoms with Crippen molar-refractivity contribution in [2.24, 2.45) is 5.92 Å². The smallest absolute Gasteiger partial charge is 0.250 e. The molecule has 0 radical (unpaired) electrons. The van der Waals surface area contributed by atoms with Gasteiger partial charge in [0.15, 0.2) is 0 Å². The molecule has 5 heteroatoms. The van der Waals surface area contributed by atoms with Crippen LogP contribution in [0.2, 0.25) is 0 Å². The van der Waals surface area contributed by atoms with Crippen LogP contribution in [0.3, 0.4) is 0 Å². The number of carbonyl (C=O) groups excluding carboxylic acids is 1.